The molecule has 6 heteroatoms. The Bertz CT molecular complexity index is 508. The van der Waals surface area contributed by atoms with Crippen molar-refractivity contribution in [1.82, 2.24) is 14.9 Å². The zero-order valence-corrected chi connectivity index (χ0v) is 11.7. The molecule has 108 valence electrons. The minimum Gasteiger partial charge on any atom is -0.476 e. The van der Waals surface area contributed by atoms with Crippen LogP contribution in [0.2, 0.25) is 0 Å². The lowest BCUT2D eigenvalue weighted by Gasteiger charge is -2.47. The number of carboxylic acids is 1. The molecule has 0 bridgehead atoms. The van der Waals surface area contributed by atoms with Crippen molar-refractivity contribution in [2.24, 2.45) is 0 Å². The van der Waals surface area contributed by atoms with Gasteiger partial charge in [0.05, 0.1) is 12.4 Å². The molecule has 0 aromatic carbocycles. The summed E-state index contributed by atoms with van der Waals surface area (Å²) in [6.07, 6.45) is 6.76. The molecule has 0 spiro atoms. The molecule has 0 saturated carbocycles. The van der Waals surface area contributed by atoms with E-state index in [1.165, 1.54) is 32.0 Å². The lowest BCUT2D eigenvalue weighted by molar-refractivity contribution is 0.0689. The van der Waals surface area contributed by atoms with Crippen LogP contribution in [-0.2, 0) is 0 Å². The summed E-state index contributed by atoms with van der Waals surface area (Å²) in [6, 6.07) is 0.901. The Morgan fingerprint density at radius 3 is 3.00 bits per heavy atom. The topological polar surface area (TPSA) is 69.6 Å². The largest absolute Gasteiger partial charge is 0.476 e. The summed E-state index contributed by atoms with van der Waals surface area (Å²) < 4.78 is 0. The third-order valence-corrected chi connectivity index (χ3v) is 4.32. The van der Waals surface area contributed by atoms with E-state index in [9.17, 15) is 4.79 Å². The SMILES string of the molecule is CC1CN2CCCCC2CN1c1cncc(C(=O)O)n1. The average Bonchev–Trinajstić information content (AvgIpc) is 2.46. The summed E-state index contributed by atoms with van der Waals surface area (Å²) >= 11 is 0. The summed E-state index contributed by atoms with van der Waals surface area (Å²) in [7, 11) is 0. The van der Waals surface area contributed by atoms with Crippen LogP contribution in [-0.4, -0.2) is 57.7 Å². The van der Waals surface area contributed by atoms with Crippen LogP contribution < -0.4 is 4.90 Å². The van der Waals surface area contributed by atoms with E-state index in [-0.39, 0.29) is 5.69 Å². The Balaban J connectivity index is 1.82. The van der Waals surface area contributed by atoms with Crippen molar-refractivity contribution in [3.05, 3.63) is 18.1 Å². The number of anilines is 1. The molecule has 2 unspecified atom stereocenters. The van der Waals surface area contributed by atoms with Crippen LogP contribution >= 0.6 is 0 Å². The van der Waals surface area contributed by atoms with Crippen molar-refractivity contribution >= 4 is 11.8 Å². The number of piperazine rings is 1. The summed E-state index contributed by atoms with van der Waals surface area (Å²) in [5, 5.41) is 9.03. The highest BCUT2D eigenvalue weighted by Crippen LogP contribution is 2.26. The lowest BCUT2D eigenvalue weighted by atomic mass is 9.97. The molecule has 3 rings (SSSR count). The third kappa shape index (κ3) is 2.47. The zero-order chi connectivity index (χ0) is 14.1. The Hall–Kier alpha value is -1.69. The second kappa shape index (κ2) is 5.36. The predicted octanol–water partition coefficient (Wildman–Crippen LogP) is 1.24. The number of nitrogens with zero attached hydrogens (tertiary/aromatic N) is 4. The van der Waals surface area contributed by atoms with E-state index in [1.807, 2.05) is 0 Å². The van der Waals surface area contributed by atoms with Crippen molar-refractivity contribution in [2.45, 2.75) is 38.3 Å². The molecule has 0 amide bonds. The Morgan fingerprint density at radius 1 is 1.35 bits per heavy atom. The van der Waals surface area contributed by atoms with Gasteiger partial charge in [-0.25, -0.2) is 9.78 Å². The van der Waals surface area contributed by atoms with Crippen LogP contribution in [0.5, 0.6) is 0 Å². The summed E-state index contributed by atoms with van der Waals surface area (Å²) in [4.78, 5) is 24.0. The van der Waals surface area contributed by atoms with Crippen molar-refractivity contribution in [3.63, 3.8) is 0 Å². The van der Waals surface area contributed by atoms with E-state index in [0.717, 1.165) is 13.1 Å². The molecule has 0 radical (unpaired) electrons. The lowest BCUT2D eigenvalue weighted by Crippen LogP contribution is -2.59. The highest BCUT2D eigenvalue weighted by molar-refractivity contribution is 5.85. The predicted molar refractivity (Wildman–Crippen MR) is 75.0 cm³/mol. The fourth-order valence-corrected chi connectivity index (χ4v) is 3.27. The minimum absolute atomic E-state index is 0.0146. The van der Waals surface area contributed by atoms with Gasteiger partial charge in [-0.05, 0) is 26.3 Å². The second-order valence-corrected chi connectivity index (χ2v) is 5.71. The molecule has 1 aromatic heterocycles. The van der Waals surface area contributed by atoms with Crippen LogP contribution in [0.4, 0.5) is 5.82 Å². The molecule has 1 N–H and O–H groups in total. The molecule has 2 aliphatic heterocycles. The van der Waals surface area contributed by atoms with Gasteiger partial charge in [0.15, 0.2) is 5.69 Å². The van der Waals surface area contributed by atoms with E-state index in [2.05, 4.69) is 26.7 Å². The maximum absolute atomic E-state index is 11.0. The maximum atomic E-state index is 11.0. The second-order valence-electron chi connectivity index (χ2n) is 5.71. The van der Waals surface area contributed by atoms with E-state index >= 15 is 0 Å². The van der Waals surface area contributed by atoms with E-state index < -0.39 is 5.97 Å². The number of aromatic nitrogens is 2. The van der Waals surface area contributed by atoms with Crippen LogP contribution in [0.15, 0.2) is 12.4 Å². The number of piperidine rings is 1. The molecule has 3 heterocycles. The number of carbonyl (C=O) groups is 1. The van der Waals surface area contributed by atoms with E-state index in [4.69, 9.17) is 5.11 Å². The number of rotatable bonds is 2. The van der Waals surface area contributed by atoms with Crippen molar-refractivity contribution < 1.29 is 9.90 Å². The van der Waals surface area contributed by atoms with Gasteiger partial charge in [-0.1, -0.05) is 6.42 Å². The van der Waals surface area contributed by atoms with E-state index in [0.29, 0.717) is 17.9 Å². The first-order chi connectivity index (χ1) is 9.65. The van der Waals surface area contributed by atoms with Crippen molar-refractivity contribution in [1.29, 1.82) is 0 Å². The highest BCUT2D eigenvalue weighted by atomic mass is 16.4. The van der Waals surface area contributed by atoms with Gasteiger partial charge in [-0.15, -0.1) is 0 Å². The quantitative estimate of drug-likeness (QED) is 0.876. The molecule has 6 nitrogen and oxygen atoms in total. The Morgan fingerprint density at radius 2 is 2.20 bits per heavy atom. The Labute approximate surface area is 118 Å². The van der Waals surface area contributed by atoms with Crippen molar-refractivity contribution in [3.8, 4) is 0 Å². The summed E-state index contributed by atoms with van der Waals surface area (Å²) in [5.41, 5.74) is 0.0146. The minimum atomic E-state index is -1.02. The summed E-state index contributed by atoms with van der Waals surface area (Å²) in [5.74, 6) is -0.342. The molecular formula is C14H20N4O2. The molecule has 2 fully saturated rings. The van der Waals surface area contributed by atoms with Gasteiger partial charge in [-0.3, -0.25) is 9.88 Å². The third-order valence-electron chi connectivity index (χ3n) is 4.32. The van der Waals surface area contributed by atoms with Crippen LogP contribution in [0.1, 0.15) is 36.7 Å². The Kier molecular flexibility index (Phi) is 3.56. The van der Waals surface area contributed by atoms with E-state index in [1.54, 1.807) is 6.20 Å². The molecule has 1 aromatic rings. The zero-order valence-electron chi connectivity index (χ0n) is 11.7. The standard InChI is InChI=1S/C14H20N4O2/c1-10-8-17-5-3-2-4-11(17)9-18(10)13-7-15-6-12(16-13)14(19)20/h6-7,10-11H,2-5,8-9H2,1H3,(H,19,20). The fourth-order valence-electron chi connectivity index (χ4n) is 3.27. The number of hydrogen-bond acceptors (Lipinski definition) is 5. The van der Waals surface area contributed by atoms with Gasteiger partial charge in [-0.2, -0.15) is 0 Å². The van der Waals surface area contributed by atoms with Gasteiger partial charge >= 0.3 is 5.97 Å². The number of hydrogen-bond donors (Lipinski definition) is 1. The van der Waals surface area contributed by atoms with Gasteiger partial charge in [0.1, 0.15) is 5.82 Å². The first-order valence-corrected chi connectivity index (χ1v) is 7.21. The van der Waals surface area contributed by atoms with Gasteiger partial charge < -0.3 is 10.0 Å². The fraction of sp³-hybridized carbons (Fsp3) is 0.643. The average molecular weight is 276 g/mol. The molecule has 2 aliphatic rings. The molecule has 0 aliphatic carbocycles. The first kappa shape index (κ1) is 13.3. The molecule has 20 heavy (non-hydrogen) atoms. The summed E-state index contributed by atoms with van der Waals surface area (Å²) in [6.45, 7) is 5.28. The number of fused-ring (bicyclic) bond motifs is 1. The van der Waals surface area contributed by atoms with Crippen molar-refractivity contribution in [2.75, 3.05) is 24.5 Å². The number of carboxylic acid groups (broad SMARTS) is 1. The maximum Gasteiger partial charge on any atom is 0.356 e. The molecular weight excluding hydrogens is 256 g/mol. The number of aromatic carboxylic acids is 1. The normalized spacial score (nSPS) is 27.1. The molecule has 2 atom stereocenters. The molecule has 2 saturated heterocycles. The van der Waals surface area contributed by atoms with Gasteiger partial charge in [0.2, 0.25) is 0 Å². The van der Waals surface area contributed by atoms with Gasteiger partial charge in [0.25, 0.3) is 0 Å². The highest BCUT2D eigenvalue weighted by Gasteiger charge is 2.33. The van der Waals surface area contributed by atoms with Crippen LogP contribution in [0, 0.1) is 0 Å². The first-order valence-electron chi connectivity index (χ1n) is 7.21. The van der Waals surface area contributed by atoms with Crippen LogP contribution in [0.3, 0.4) is 0 Å². The van der Waals surface area contributed by atoms with Crippen LogP contribution in [0.25, 0.3) is 0 Å². The smallest absolute Gasteiger partial charge is 0.356 e. The monoisotopic (exact) mass is 276 g/mol. The van der Waals surface area contributed by atoms with Gasteiger partial charge in [0, 0.05) is 25.2 Å².